The van der Waals surface area contributed by atoms with Crippen molar-refractivity contribution in [3.63, 3.8) is 0 Å². The van der Waals surface area contributed by atoms with E-state index in [0.29, 0.717) is 5.92 Å². The lowest BCUT2D eigenvalue weighted by atomic mass is 9.95. The molecule has 0 aromatic carbocycles. The van der Waals surface area contributed by atoms with Gasteiger partial charge in [-0.2, -0.15) is 0 Å². The minimum atomic E-state index is 0.0398. The van der Waals surface area contributed by atoms with E-state index >= 15 is 0 Å². The zero-order valence-corrected chi connectivity index (χ0v) is 9.82. The summed E-state index contributed by atoms with van der Waals surface area (Å²) in [6.45, 7) is 8.65. The maximum Gasteiger partial charge on any atom is 0.0859 e. The molecule has 4 nitrogen and oxygen atoms in total. The first kappa shape index (κ1) is 10.6. The van der Waals surface area contributed by atoms with Crippen LogP contribution in [0.5, 0.6) is 0 Å². The Morgan fingerprint density at radius 3 is 2.53 bits per heavy atom. The smallest absolute Gasteiger partial charge is 0.0859 e. The van der Waals surface area contributed by atoms with Crippen LogP contribution in [0.1, 0.15) is 45.2 Å². The van der Waals surface area contributed by atoms with Crippen molar-refractivity contribution in [3.8, 4) is 0 Å². The lowest BCUT2D eigenvalue weighted by molar-refractivity contribution is 0.346. The molecule has 15 heavy (non-hydrogen) atoms. The van der Waals surface area contributed by atoms with Crippen LogP contribution in [0.3, 0.4) is 0 Å². The van der Waals surface area contributed by atoms with Crippen LogP contribution in [0.25, 0.3) is 0 Å². The fraction of sp³-hybridized carbons (Fsp3) is 0.818. The first-order chi connectivity index (χ1) is 7.07. The van der Waals surface area contributed by atoms with Crippen LogP contribution in [0.4, 0.5) is 0 Å². The van der Waals surface area contributed by atoms with Gasteiger partial charge in [0.2, 0.25) is 0 Å². The van der Waals surface area contributed by atoms with E-state index in [1.54, 1.807) is 0 Å². The summed E-state index contributed by atoms with van der Waals surface area (Å²) in [5, 5.41) is 11.9. The Kier molecular flexibility index (Phi) is 2.78. The molecular formula is C11H20N4. The maximum atomic E-state index is 4.29. The molecule has 0 bridgehead atoms. The quantitative estimate of drug-likeness (QED) is 0.760. The summed E-state index contributed by atoms with van der Waals surface area (Å²) in [5.74, 6) is 0.599. The minimum Gasteiger partial charge on any atom is -0.317 e. The molecule has 0 saturated carbocycles. The van der Waals surface area contributed by atoms with Gasteiger partial charge in [0.1, 0.15) is 0 Å². The Bertz CT molecular complexity index is 318. The lowest BCUT2D eigenvalue weighted by Crippen LogP contribution is -2.26. The van der Waals surface area contributed by atoms with Crippen LogP contribution in [0.2, 0.25) is 0 Å². The predicted molar refractivity (Wildman–Crippen MR) is 59.9 cm³/mol. The zero-order chi connectivity index (χ0) is 10.9. The normalized spacial score (nSPS) is 19.4. The van der Waals surface area contributed by atoms with E-state index in [2.05, 4.69) is 42.6 Å². The zero-order valence-electron chi connectivity index (χ0n) is 9.82. The van der Waals surface area contributed by atoms with Crippen LogP contribution >= 0.6 is 0 Å². The van der Waals surface area contributed by atoms with Crippen LogP contribution in [-0.4, -0.2) is 28.1 Å². The fourth-order valence-electron chi connectivity index (χ4n) is 1.91. The summed E-state index contributed by atoms with van der Waals surface area (Å²) in [6.07, 6.45) is 4.47. The molecule has 1 aromatic heterocycles. The average molecular weight is 208 g/mol. The Hall–Kier alpha value is -0.900. The highest BCUT2D eigenvalue weighted by atomic mass is 15.4. The van der Waals surface area contributed by atoms with E-state index < -0.39 is 0 Å². The molecular weight excluding hydrogens is 188 g/mol. The van der Waals surface area contributed by atoms with Crippen molar-refractivity contribution >= 4 is 0 Å². The molecule has 1 N–H and O–H groups in total. The molecule has 0 amide bonds. The minimum absolute atomic E-state index is 0.0398. The monoisotopic (exact) mass is 208 g/mol. The van der Waals surface area contributed by atoms with Crippen LogP contribution in [0, 0.1) is 0 Å². The Morgan fingerprint density at radius 1 is 1.33 bits per heavy atom. The van der Waals surface area contributed by atoms with Crippen molar-refractivity contribution in [3.05, 3.63) is 11.9 Å². The van der Waals surface area contributed by atoms with Gasteiger partial charge in [0.05, 0.1) is 11.2 Å². The highest BCUT2D eigenvalue weighted by Gasteiger charge is 2.21. The summed E-state index contributed by atoms with van der Waals surface area (Å²) in [4.78, 5) is 0. The molecule has 1 aromatic rings. The molecule has 0 spiro atoms. The third-order valence-electron chi connectivity index (χ3n) is 2.96. The Morgan fingerprint density at radius 2 is 2.00 bits per heavy atom. The largest absolute Gasteiger partial charge is 0.317 e. The van der Waals surface area contributed by atoms with Crippen molar-refractivity contribution in [1.29, 1.82) is 0 Å². The standard InChI is InChI=1S/C11H20N4/c1-11(2,3)15-8-10(13-14-15)9-4-6-12-7-5-9/h8-9,12H,4-7H2,1-3H3. The fourth-order valence-corrected chi connectivity index (χ4v) is 1.91. The molecule has 1 fully saturated rings. The molecule has 1 aliphatic rings. The number of hydrogen-bond acceptors (Lipinski definition) is 3. The molecule has 0 atom stereocenters. The van der Waals surface area contributed by atoms with Crippen molar-refractivity contribution in [2.45, 2.75) is 45.1 Å². The Labute approximate surface area is 91.1 Å². The first-order valence-electron chi connectivity index (χ1n) is 5.71. The Balaban J connectivity index is 2.12. The molecule has 0 radical (unpaired) electrons. The van der Waals surface area contributed by atoms with Crippen LogP contribution < -0.4 is 5.32 Å². The first-order valence-corrected chi connectivity index (χ1v) is 5.71. The number of piperidine rings is 1. The van der Waals surface area contributed by atoms with Crippen LogP contribution in [0.15, 0.2) is 6.20 Å². The van der Waals surface area contributed by atoms with Gasteiger partial charge in [-0.1, -0.05) is 5.21 Å². The maximum absolute atomic E-state index is 4.29. The molecule has 1 aliphatic heterocycles. The number of nitrogens with zero attached hydrogens (tertiary/aromatic N) is 3. The molecule has 1 saturated heterocycles. The summed E-state index contributed by atoms with van der Waals surface area (Å²) in [6, 6.07) is 0. The second kappa shape index (κ2) is 3.93. The van der Waals surface area contributed by atoms with Gasteiger partial charge in [0.25, 0.3) is 0 Å². The molecule has 2 rings (SSSR count). The SMILES string of the molecule is CC(C)(C)n1cc(C2CCNCC2)nn1. The second-order valence-electron chi connectivity index (χ2n) is 5.28. The van der Waals surface area contributed by atoms with Crippen molar-refractivity contribution in [2.24, 2.45) is 0 Å². The van der Waals surface area contributed by atoms with E-state index in [1.165, 1.54) is 12.8 Å². The van der Waals surface area contributed by atoms with E-state index in [1.807, 2.05) is 4.68 Å². The molecule has 84 valence electrons. The van der Waals surface area contributed by atoms with Crippen molar-refractivity contribution < 1.29 is 0 Å². The summed E-state index contributed by atoms with van der Waals surface area (Å²) < 4.78 is 1.96. The van der Waals surface area contributed by atoms with Gasteiger partial charge in [0, 0.05) is 12.1 Å². The van der Waals surface area contributed by atoms with E-state index in [0.717, 1.165) is 18.8 Å². The van der Waals surface area contributed by atoms with E-state index in [9.17, 15) is 0 Å². The third-order valence-corrected chi connectivity index (χ3v) is 2.96. The second-order valence-corrected chi connectivity index (χ2v) is 5.28. The van der Waals surface area contributed by atoms with Gasteiger partial charge in [-0.25, -0.2) is 4.68 Å². The molecule has 4 heteroatoms. The molecule has 0 aliphatic carbocycles. The van der Waals surface area contributed by atoms with Gasteiger partial charge in [-0.3, -0.25) is 0 Å². The number of rotatable bonds is 1. The topological polar surface area (TPSA) is 42.7 Å². The number of hydrogen-bond donors (Lipinski definition) is 1. The third kappa shape index (κ3) is 2.37. The molecule has 2 heterocycles. The number of nitrogens with one attached hydrogen (secondary N) is 1. The predicted octanol–water partition coefficient (Wildman–Crippen LogP) is 1.50. The summed E-state index contributed by atoms with van der Waals surface area (Å²) in [5.41, 5.74) is 1.20. The van der Waals surface area contributed by atoms with E-state index in [-0.39, 0.29) is 5.54 Å². The van der Waals surface area contributed by atoms with E-state index in [4.69, 9.17) is 0 Å². The van der Waals surface area contributed by atoms with Gasteiger partial charge >= 0.3 is 0 Å². The lowest BCUT2D eigenvalue weighted by Gasteiger charge is -2.21. The summed E-state index contributed by atoms with van der Waals surface area (Å²) in [7, 11) is 0. The van der Waals surface area contributed by atoms with Gasteiger partial charge in [0.15, 0.2) is 0 Å². The van der Waals surface area contributed by atoms with Crippen molar-refractivity contribution in [2.75, 3.05) is 13.1 Å². The van der Waals surface area contributed by atoms with Crippen molar-refractivity contribution in [1.82, 2.24) is 20.3 Å². The highest BCUT2D eigenvalue weighted by molar-refractivity contribution is 5.04. The van der Waals surface area contributed by atoms with Gasteiger partial charge in [-0.05, 0) is 46.7 Å². The van der Waals surface area contributed by atoms with Crippen LogP contribution in [-0.2, 0) is 5.54 Å². The number of aromatic nitrogens is 3. The highest BCUT2D eigenvalue weighted by Crippen LogP contribution is 2.24. The molecule has 0 unspecified atom stereocenters. The average Bonchev–Trinajstić information content (AvgIpc) is 2.67. The summed E-state index contributed by atoms with van der Waals surface area (Å²) >= 11 is 0. The van der Waals surface area contributed by atoms with Gasteiger partial charge < -0.3 is 5.32 Å². The van der Waals surface area contributed by atoms with Gasteiger partial charge in [-0.15, -0.1) is 5.10 Å².